The molecule has 0 aliphatic carbocycles. The molecule has 0 fully saturated rings. The van der Waals surface area contributed by atoms with Gasteiger partial charge in [0.1, 0.15) is 0 Å². The van der Waals surface area contributed by atoms with Crippen LogP contribution in [0, 0.1) is 0 Å². The number of carbonyl (C=O) groups excluding carboxylic acids is 1. The summed E-state index contributed by atoms with van der Waals surface area (Å²) in [5.74, 6) is -1.05. The molecule has 1 N–H and O–H groups in total. The number of carboxylic acid groups (broad SMARTS) is 1. The van der Waals surface area contributed by atoms with E-state index in [4.69, 9.17) is 0 Å². The van der Waals surface area contributed by atoms with Crippen LogP contribution < -0.4 is 0 Å². The molecule has 0 saturated carbocycles. The van der Waals surface area contributed by atoms with Gasteiger partial charge in [-0.25, -0.2) is 4.79 Å². The molecular formula is C28H30O3. The second-order valence-electron chi connectivity index (χ2n) is 7.95. The van der Waals surface area contributed by atoms with E-state index in [0.29, 0.717) is 5.56 Å². The molecule has 1 unspecified atom stereocenters. The molecular weight excluding hydrogens is 384 g/mol. The Hall–Kier alpha value is -3.20. The fourth-order valence-electron chi connectivity index (χ4n) is 4.15. The quantitative estimate of drug-likeness (QED) is 0.278. The van der Waals surface area contributed by atoms with Crippen LogP contribution >= 0.6 is 0 Å². The van der Waals surface area contributed by atoms with E-state index in [0.717, 1.165) is 42.4 Å². The largest absolute Gasteiger partial charge is 0.478 e. The lowest BCUT2D eigenvalue weighted by Gasteiger charge is -2.20. The van der Waals surface area contributed by atoms with Gasteiger partial charge in [0.25, 0.3) is 0 Å². The molecule has 3 heteroatoms. The van der Waals surface area contributed by atoms with Gasteiger partial charge in [-0.1, -0.05) is 99.8 Å². The van der Waals surface area contributed by atoms with E-state index in [9.17, 15) is 14.7 Å². The zero-order valence-electron chi connectivity index (χ0n) is 18.3. The minimum absolute atomic E-state index is 0.0459. The van der Waals surface area contributed by atoms with Gasteiger partial charge in [-0.2, -0.15) is 0 Å². The van der Waals surface area contributed by atoms with Gasteiger partial charge >= 0.3 is 5.97 Å². The number of carbonyl (C=O) groups is 2. The number of carboxylic acids is 1. The standard InChI is InChI=1S/C28H30O3/c1-3-5-7-12-20(4-2)26-19-22(21-13-8-6-9-14-21)17-18-24(26)27(29)23-15-10-11-16-25(23)28(30)31/h6,8-11,13-20H,3-5,7,12H2,1-2H3,(H,30,31). The maximum absolute atomic E-state index is 13.5. The van der Waals surface area contributed by atoms with E-state index in [1.165, 1.54) is 12.5 Å². The average molecular weight is 415 g/mol. The third kappa shape index (κ3) is 5.29. The molecule has 0 spiro atoms. The normalized spacial score (nSPS) is 11.8. The monoisotopic (exact) mass is 414 g/mol. The predicted octanol–water partition coefficient (Wildman–Crippen LogP) is 7.36. The van der Waals surface area contributed by atoms with Gasteiger partial charge in [-0.3, -0.25) is 4.79 Å². The third-order valence-corrected chi connectivity index (χ3v) is 5.89. The van der Waals surface area contributed by atoms with Crippen molar-refractivity contribution in [2.45, 2.75) is 51.9 Å². The Balaban J connectivity index is 2.10. The molecule has 31 heavy (non-hydrogen) atoms. The van der Waals surface area contributed by atoms with E-state index in [1.807, 2.05) is 30.3 Å². The molecule has 0 bridgehead atoms. The van der Waals surface area contributed by atoms with Crippen LogP contribution in [0.2, 0.25) is 0 Å². The molecule has 0 aliphatic heterocycles. The molecule has 0 saturated heterocycles. The second-order valence-corrected chi connectivity index (χ2v) is 7.95. The lowest BCUT2D eigenvalue weighted by molar-refractivity contribution is 0.0692. The summed E-state index contributed by atoms with van der Waals surface area (Å²) in [6.07, 6.45) is 5.38. The van der Waals surface area contributed by atoms with Gasteiger partial charge in [0.2, 0.25) is 0 Å². The Kier molecular flexibility index (Phi) is 7.77. The zero-order valence-corrected chi connectivity index (χ0v) is 18.3. The Morgan fingerprint density at radius 1 is 0.774 bits per heavy atom. The number of hydrogen-bond acceptors (Lipinski definition) is 2. The van der Waals surface area contributed by atoms with E-state index in [2.05, 4.69) is 32.0 Å². The maximum Gasteiger partial charge on any atom is 0.336 e. The van der Waals surface area contributed by atoms with Crippen molar-refractivity contribution in [2.75, 3.05) is 0 Å². The van der Waals surface area contributed by atoms with E-state index in [-0.39, 0.29) is 22.8 Å². The predicted molar refractivity (Wildman–Crippen MR) is 126 cm³/mol. The second kappa shape index (κ2) is 10.7. The summed E-state index contributed by atoms with van der Waals surface area (Å²) in [6, 6.07) is 22.6. The van der Waals surface area contributed by atoms with Gasteiger partial charge in [0.15, 0.2) is 5.78 Å². The molecule has 3 nitrogen and oxygen atoms in total. The number of rotatable bonds is 10. The maximum atomic E-state index is 13.5. The first kappa shape index (κ1) is 22.5. The molecule has 160 valence electrons. The Morgan fingerprint density at radius 3 is 2.10 bits per heavy atom. The number of ketones is 1. The number of unbranched alkanes of at least 4 members (excludes halogenated alkanes) is 2. The van der Waals surface area contributed by atoms with Crippen LogP contribution in [0.15, 0.2) is 72.8 Å². The van der Waals surface area contributed by atoms with Crippen molar-refractivity contribution < 1.29 is 14.7 Å². The van der Waals surface area contributed by atoms with E-state index >= 15 is 0 Å². The summed E-state index contributed by atoms with van der Waals surface area (Å²) >= 11 is 0. The Labute approximate surface area is 184 Å². The highest BCUT2D eigenvalue weighted by molar-refractivity contribution is 6.15. The van der Waals surface area contributed by atoms with Crippen molar-refractivity contribution in [1.29, 1.82) is 0 Å². The molecule has 0 radical (unpaired) electrons. The lowest BCUT2D eigenvalue weighted by Crippen LogP contribution is -2.13. The molecule has 0 amide bonds. The highest BCUT2D eigenvalue weighted by atomic mass is 16.4. The van der Waals surface area contributed by atoms with Crippen LogP contribution in [-0.2, 0) is 0 Å². The van der Waals surface area contributed by atoms with Crippen molar-refractivity contribution in [1.82, 2.24) is 0 Å². The van der Waals surface area contributed by atoms with Gasteiger partial charge < -0.3 is 5.11 Å². The minimum Gasteiger partial charge on any atom is -0.478 e. The summed E-state index contributed by atoms with van der Waals surface area (Å²) in [7, 11) is 0. The lowest BCUT2D eigenvalue weighted by atomic mass is 9.83. The zero-order chi connectivity index (χ0) is 22.2. The number of benzene rings is 3. The Morgan fingerprint density at radius 2 is 1.45 bits per heavy atom. The van der Waals surface area contributed by atoms with Crippen LogP contribution in [0.1, 0.15) is 83.7 Å². The van der Waals surface area contributed by atoms with Crippen molar-refractivity contribution in [3.63, 3.8) is 0 Å². The van der Waals surface area contributed by atoms with Crippen molar-refractivity contribution in [3.8, 4) is 11.1 Å². The summed E-state index contributed by atoms with van der Waals surface area (Å²) < 4.78 is 0. The molecule has 0 aromatic heterocycles. The molecule has 3 rings (SSSR count). The smallest absolute Gasteiger partial charge is 0.336 e. The number of aromatic carboxylic acids is 1. The van der Waals surface area contributed by atoms with Gasteiger partial charge in [0.05, 0.1) is 5.56 Å². The SMILES string of the molecule is CCCCCC(CC)c1cc(-c2ccccc2)ccc1C(=O)c1ccccc1C(=O)O. The summed E-state index contributed by atoms with van der Waals surface area (Å²) in [6.45, 7) is 4.35. The molecule has 1 atom stereocenters. The summed E-state index contributed by atoms with van der Waals surface area (Å²) in [4.78, 5) is 25.2. The first-order valence-electron chi connectivity index (χ1n) is 11.1. The molecule has 3 aromatic carbocycles. The van der Waals surface area contributed by atoms with Gasteiger partial charge in [-0.15, -0.1) is 0 Å². The summed E-state index contributed by atoms with van der Waals surface area (Å²) in [5.41, 5.74) is 4.10. The van der Waals surface area contributed by atoms with Gasteiger partial charge in [-0.05, 0) is 41.5 Å². The molecule has 0 heterocycles. The van der Waals surface area contributed by atoms with E-state index < -0.39 is 5.97 Å². The van der Waals surface area contributed by atoms with Crippen LogP contribution in [0.25, 0.3) is 11.1 Å². The number of hydrogen-bond donors (Lipinski definition) is 1. The van der Waals surface area contributed by atoms with Crippen molar-refractivity contribution in [2.24, 2.45) is 0 Å². The molecule has 3 aromatic rings. The van der Waals surface area contributed by atoms with E-state index in [1.54, 1.807) is 18.2 Å². The highest BCUT2D eigenvalue weighted by Gasteiger charge is 2.23. The van der Waals surface area contributed by atoms with Crippen molar-refractivity contribution in [3.05, 3.63) is 95.1 Å². The Bertz CT molecular complexity index is 1040. The van der Waals surface area contributed by atoms with Gasteiger partial charge in [0, 0.05) is 11.1 Å². The third-order valence-electron chi connectivity index (χ3n) is 5.89. The van der Waals surface area contributed by atoms with Crippen LogP contribution in [0.5, 0.6) is 0 Å². The van der Waals surface area contributed by atoms with Crippen LogP contribution in [-0.4, -0.2) is 16.9 Å². The topological polar surface area (TPSA) is 54.4 Å². The minimum atomic E-state index is -1.08. The highest BCUT2D eigenvalue weighted by Crippen LogP contribution is 2.34. The van der Waals surface area contributed by atoms with Crippen molar-refractivity contribution >= 4 is 11.8 Å². The first-order chi connectivity index (χ1) is 15.1. The van der Waals surface area contributed by atoms with Crippen LogP contribution in [0.3, 0.4) is 0 Å². The average Bonchev–Trinajstić information content (AvgIpc) is 2.81. The fourth-order valence-corrected chi connectivity index (χ4v) is 4.15. The fraction of sp³-hybridized carbons (Fsp3) is 0.286. The first-order valence-corrected chi connectivity index (χ1v) is 11.1. The van der Waals surface area contributed by atoms with Crippen LogP contribution in [0.4, 0.5) is 0 Å². The molecule has 0 aliphatic rings. The summed E-state index contributed by atoms with van der Waals surface area (Å²) in [5, 5.41) is 9.57.